The molecule has 0 amide bonds. The van der Waals surface area contributed by atoms with E-state index in [-0.39, 0.29) is 0 Å². The van der Waals surface area contributed by atoms with E-state index in [9.17, 15) is 91.9 Å². The molecule has 0 radical (unpaired) electrons. The molecule has 0 aromatic rings. The second kappa shape index (κ2) is 21.9. The van der Waals surface area contributed by atoms with E-state index in [0.717, 1.165) is 0 Å². The summed E-state index contributed by atoms with van der Waals surface area (Å²) in [5.74, 6) is 0. The third-order valence-electron chi connectivity index (χ3n) is 11.7. The topological polar surface area (TPSA) is 466 Å². The third-order valence-corrected chi connectivity index (χ3v) is 11.7. The van der Waals surface area contributed by atoms with Gasteiger partial charge in [-0.3, -0.25) is 0 Å². The number of aliphatic hydroxyl groups excluding tert-OH is 18. The fourth-order valence-electron chi connectivity index (χ4n) is 7.91. The van der Waals surface area contributed by atoms with Crippen LogP contribution < -0.4 is 0 Å². The van der Waals surface area contributed by atoms with E-state index in [1.807, 2.05) is 0 Å². The van der Waals surface area contributed by atoms with Gasteiger partial charge in [0, 0.05) is 0 Å². The van der Waals surface area contributed by atoms with Crippen LogP contribution in [0.25, 0.3) is 0 Å². The molecule has 6 saturated heterocycles. The molecule has 6 fully saturated rings. The van der Waals surface area contributed by atoms with Crippen LogP contribution >= 0.6 is 0 Å². The Morgan fingerprint density at radius 2 is 0.571 bits per heavy atom. The summed E-state index contributed by atoms with van der Waals surface area (Å²) in [5, 5.41) is 187. The Balaban J connectivity index is 1.17. The largest absolute Gasteiger partial charge is 0.394 e. The van der Waals surface area contributed by atoms with Crippen molar-refractivity contribution in [1.82, 2.24) is 0 Å². The predicted octanol–water partition coefficient (Wildman–Crippen LogP) is -12.8. The van der Waals surface area contributed by atoms with Crippen LogP contribution in [0.3, 0.4) is 0 Å². The van der Waals surface area contributed by atoms with E-state index < -0.39 is 212 Å². The summed E-state index contributed by atoms with van der Waals surface area (Å²) in [7, 11) is 0. The zero-order chi connectivity index (χ0) is 46.2. The normalized spacial score (nSPS) is 53.2. The van der Waals surface area contributed by atoms with Crippen LogP contribution in [0.5, 0.6) is 0 Å². The van der Waals surface area contributed by atoms with Gasteiger partial charge in [-0.05, 0) is 0 Å². The van der Waals surface area contributed by atoms with Gasteiger partial charge in [-0.1, -0.05) is 0 Å². The molecule has 18 N–H and O–H groups in total. The molecule has 0 unspecified atom stereocenters. The summed E-state index contributed by atoms with van der Waals surface area (Å²) in [5.41, 5.74) is 0. The maximum atomic E-state index is 11.5. The minimum absolute atomic E-state index is 0.687. The van der Waals surface area contributed by atoms with Crippen LogP contribution in [0.15, 0.2) is 0 Å². The molecule has 0 aromatic heterocycles. The first-order chi connectivity index (χ1) is 29.9. The molecular weight excluding hydrogens is 872 g/mol. The van der Waals surface area contributed by atoms with Gasteiger partial charge in [0.2, 0.25) is 0 Å². The van der Waals surface area contributed by atoms with Crippen LogP contribution in [0.1, 0.15) is 0 Å². The molecule has 6 rings (SSSR count). The average molecular weight is 931 g/mol. The predicted molar refractivity (Wildman–Crippen MR) is 187 cm³/mol. The summed E-state index contributed by atoms with van der Waals surface area (Å²) in [4.78, 5) is 0. The van der Waals surface area contributed by atoms with E-state index in [0.29, 0.717) is 0 Å². The Morgan fingerprint density at radius 3 is 1.00 bits per heavy atom. The van der Waals surface area contributed by atoms with E-state index in [4.69, 9.17) is 52.1 Å². The van der Waals surface area contributed by atoms with Gasteiger partial charge in [0.05, 0.1) is 39.6 Å². The Hall–Kier alpha value is -1.16. The molecule has 29 heteroatoms. The summed E-state index contributed by atoms with van der Waals surface area (Å²) >= 11 is 0. The zero-order valence-corrected chi connectivity index (χ0v) is 32.9. The maximum Gasteiger partial charge on any atom is 0.187 e. The van der Waals surface area contributed by atoms with Gasteiger partial charge in [-0.2, -0.15) is 0 Å². The van der Waals surface area contributed by atoms with Gasteiger partial charge in [0.15, 0.2) is 37.7 Å². The first kappa shape index (κ1) is 51.2. The third kappa shape index (κ3) is 10.6. The lowest BCUT2D eigenvalue weighted by Gasteiger charge is -2.49. The van der Waals surface area contributed by atoms with Gasteiger partial charge in [-0.25, -0.2) is 0 Å². The molecule has 29 nitrogen and oxygen atoms in total. The molecule has 28 atom stereocenters. The van der Waals surface area contributed by atoms with E-state index in [1.165, 1.54) is 0 Å². The average Bonchev–Trinajstić information content (AvgIpc) is 3.71. The molecule has 0 aromatic carbocycles. The Morgan fingerprint density at radius 1 is 0.270 bits per heavy atom. The number of hydrogen-bond acceptors (Lipinski definition) is 29. The SMILES string of the molecule is OC[C@H]1O[C@H](OC[C@H]2O[C@@H](O[C@H]3[C@H](O)[C@@H](O)[C@H](O[C@H]4[C@H](O)[C@@H](O)[C@H](O[C@H]5[C@H](O)[C@@H](O)[C@H](O)O[C@@H]5CO)O[C@@H]4CO)O[C@@H]3CO[C@H]3O[C@H](CO)[C@H](O)[C@H]3O)[C@H](O)[C@@H](O)[C@@H]2O)[C@H](O)[C@H]1O. The van der Waals surface area contributed by atoms with E-state index in [2.05, 4.69) is 0 Å². The first-order valence-electron chi connectivity index (χ1n) is 20.0. The number of hydrogen-bond donors (Lipinski definition) is 18. The molecule has 63 heavy (non-hydrogen) atoms. The highest BCUT2D eigenvalue weighted by molar-refractivity contribution is 4.98. The van der Waals surface area contributed by atoms with Crippen molar-refractivity contribution in [3.63, 3.8) is 0 Å². The van der Waals surface area contributed by atoms with Gasteiger partial charge in [0.1, 0.15) is 134 Å². The minimum atomic E-state index is -2.20. The van der Waals surface area contributed by atoms with Crippen molar-refractivity contribution in [2.75, 3.05) is 39.6 Å². The van der Waals surface area contributed by atoms with Gasteiger partial charge < -0.3 is 144 Å². The summed E-state index contributed by atoms with van der Waals surface area (Å²) < 4.78 is 60.8. The van der Waals surface area contributed by atoms with Crippen LogP contribution in [0.4, 0.5) is 0 Å². The number of aliphatic hydroxyl groups is 18. The number of rotatable bonds is 16. The number of ether oxygens (including phenoxy) is 11. The van der Waals surface area contributed by atoms with E-state index >= 15 is 0 Å². The van der Waals surface area contributed by atoms with Crippen LogP contribution in [0, 0.1) is 0 Å². The van der Waals surface area contributed by atoms with Crippen LogP contribution in [-0.4, -0.2) is 304 Å². The lowest BCUT2D eigenvalue weighted by Crippen LogP contribution is -2.67. The van der Waals surface area contributed by atoms with Crippen molar-refractivity contribution < 1.29 is 144 Å². The molecule has 6 heterocycles. The standard InChI is InChI=1S/C34H58O29/c35-1-7-13(39)21(47)30(56-7)53-5-11-15(41)16(42)23(49)32(59-11)63-28-12(6-54-31-22(48)14(40)8(2-36)57-31)60-34(25(51)19(28)45)62-27-10(4-38)58-33(24(50)18(27)44)61-26-9(3-37)55-29(52)20(46)17(26)43/h7-52H,1-6H2/t7-,8-,9-,10-,11-,12-,13+,14+,15-,16+,17-,18-,19-,20-,21-,22-,23-,24-,25-,26-,27-,28-,29-,30+,31+,32+,33+,34+/m1/s1. The molecule has 368 valence electrons. The fourth-order valence-corrected chi connectivity index (χ4v) is 7.91. The molecule has 6 aliphatic heterocycles. The quantitative estimate of drug-likeness (QED) is 0.0683. The van der Waals surface area contributed by atoms with Crippen molar-refractivity contribution in [2.24, 2.45) is 0 Å². The first-order valence-corrected chi connectivity index (χ1v) is 20.0. The Labute approximate surface area is 355 Å². The monoisotopic (exact) mass is 930 g/mol. The van der Waals surface area contributed by atoms with Gasteiger partial charge in [-0.15, -0.1) is 0 Å². The lowest BCUT2D eigenvalue weighted by atomic mass is 9.95. The molecule has 6 aliphatic rings. The molecule has 0 saturated carbocycles. The molecule has 0 aliphatic carbocycles. The second-order valence-corrected chi connectivity index (χ2v) is 15.9. The van der Waals surface area contributed by atoms with Crippen LogP contribution in [0.2, 0.25) is 0 Å². The Kier molecular flexibility index (Phi) is 17.8. The zero-order valence-electron chi connectivity index (χ0n) is 32.9. The van der Waals surface area contributed by atoms with Crippen molar-refractivity contribution in [3.8, 4) is 0 Å². The molecule has 0 spiro atoms. The van der Waals surface area contributed by atoms with Crippen molar-refractivity contribution in [1.29, 1.82) is 0 Å². The lowest BCUT2D eigenvalue weighted by molar-refractivity contribution is -0.390. The summed E-state index contributed by atoms with van der Waals surface area (Å²) in [6.45, 7) is -4.80. The summed E-state index contributed by atoms with van der Waals surface area (Å²) in [6.07, 6.45) is -50.6. The Bertz CT molecular complexity index is 1400. The maximum absolute atomic E-state index is 11.5. The summed E-state index contributed by atoms with van der Waals surface area (Å²) in [6, 6.07) is 0. The van der Waals surface area contributed by atoms with Crippen molar-refractivity contribution in [2.45, 2.75) is 172 Å². The van der Waals surface area contributed by atoms with Crippen LogP contribution in [-0.2, 0) is 52.1 Å². The molecule has 0 bridgehead atoms. The molecular formula is C34H58O29. The minimum Gasteiger partial charge on any atom is -0.394 e. The van der Waals surface area contributed by atoms with Gasteiger partial charge in [0.25, 0.3) is 0 Å². The highest BCUT2D eigenvalue weighted by Gasteiger charge is 2.56. The van der Waals surface area contributed by atoms with Gasteiger partial charge >= 0.3 is 0 Å². The highest BCUT2D eigenvalue weighted by Crippen LogP contribution is 2.35. The van der Waals surface area contributed by atoms with Crippen molar-refractivity contribution in [3.05, 3.63) is 0 Å². The van der Waals surface area contributed by atoms with Crippen molar-refractivity contribution >= 4 is 0 Å². The van der Waals surface area contributed by atoms with E-state index in [1.54, 1.807) is 0 Å². The smallest absolute Gasteiger partial charge is 0.187 e. The second-order valence-electron chi connectivity index (χ2n) is 15.9. The highest BCUT2D eigenvalue weighted by atomic mass is 16.8. The fraction of sp³-hybridized carbons (Fsp3) is 1.00.